The highest BCUT2D eigenvalue weighted by Crippen LogP contribution is 2.17. The topological polar surface area (TPSA) is 54.3 Å². The Morgan fingerprint density at radius 3 is 2.84 bits per heavy atom. The number of carbonyl (C=O) groups is 1. The second kappa shape index (κ2) is 5.89. The maximum atomic E-state index is 11.8. The molecule has 2 rings (SSSR count). The van der Waals surface area contributed by atoms with Gasteiger partial charge in [0.2, 0.25) is 5.91 Å². The third kappa shape index (κ3) is 3.35. The Morgan fingerprint density at radius 2 is 2.16 bits per heavy atom. The molecule has 4 heteroatoms. The molecule has 0 bridgehead atoms. The predicted molar refractivity (Wildman–Crippen MR) is 75.7 cm³/mol. The number of carbonyl (C=O) groups excluding carboxylic acids is 1. The molecule has 2 N–H and O–H groups in total. The van der Waals surface area contributed by atoms with Crippen molar-refractivity contribution in [3.63, 3.8) is 0 Å². The maximum absolute atomic E-state index is 11.8. The first-order valence-corrected chi connectivity index (χ1v) is 6.55. The van der Waals surface area contributed by atoms with Gasteiger partial charge >= 0.3 is 0 Å². The van der Waals surface area contributed by atoms with E-state index >= 15 is 0 Å². The largest absolute Gasteiger partial charge is 0.392 e. The molecule has 0 aliphatic carbocycles. The van der Waals surface area contributed by atoms with E-state index in [4.69, 9.17) is 5.11 Å². The van der Waals surface area contributed by atoms with Gasteiger partial charge in [0.25, 0.3) is 0 Å². The lowest BCUT2D eigenvalue weighted by Crippen LogP contribution is -2.30. The smallest absolute Gasteiger partial charge is 0.239 e. The lowest BCUT2D eigenvalue weighted by Gasteiger charge is -2.09. The zero-order valence-corrected chi connectivity index (χ0v) is 11.4. The fraction of sp³-hybridized carbons (Fsp3) is 0.400. The summed E-state index contributed by atoms with van der Waals surface area (Å²) in [6, 6.07) is 7.73. The van der Waals surface area contributed by atoms with Crippen LogP contribution in [0.5, 0.6) is 0 Å². The number of amides is 1. The van der Waals surface area contributed by atoms with Gasteiger partial charge in [-0.2, -0.15) is 0 Å². The molecule has 0 spiro atoms. The van der Waals surface area contributed by atoms with Crippen molar-refractivity contribution in [3.05, 3.63) is 36.0 Å². The average molecular weight is 260 g/mol. The highest BCUT2D eigenvalue weighted by Gasteiger charge is 2.07. The van der Waals surface area contributed by atoms with Crippen molar-refractivity contribution >= 4 is 16.8 Å². The van der Waals surface area contributed by atoms with Crippen LogP contribution in [0, 0.1) is 5.92 Å². The minimum absolute atomic E-state index is 0.0254. The van der Waals surface area contributed by atoms with E-state index in [1.807, 2.05) is 35.0 Å². The Bertz CT molecular complexity index is 573. The molecule has 1 heterocycles. The number of rotatable bonds is 5. The second-order valence-corrected chi connectivity index (χ2v) is 5.19. The van der Waals surface area contributed by atoms with Crippen LogP contribution in [0.15, 0.2) is 30.5 Å². The highest BCUT2D eigenvalue weighted by molar-refractivity contribution is 5.83. The van der Waals surface area contributed by atoms with Gasteiger partial charge in [0.05, 0.1) is 6.61 Å². The Morgan fingerprint density at radius 1 is 1.37 bits per heavy atom. The van der Waals surface area contributed by atoms with Gasteiger partial charge in [-0.3, -0.25) is 4.79 Å². The van der Waals surface area contributed by atoms with E-state index in [0.29, 0.717) is 19.0 Å². The summed E-state index contributed by atoms with van der Waals surface area (Å²) in [6.45, 7) is 5.21. The summed E-state index contributed by atoms with van der Waals surface area (Å²) < 4.78 is 1.92. The number of aliphatic hydroxyl groups excluding tert-OH is 1. The van der Waals surface area contributed by atoms with E-state index in [1.165, 1.54) is 0 Å². The van der Waals surface area contributed by atoms with Crippen LogP contribution in [0.4, 0.5) is 0 Å². The molecule has 0 unspecified atom stereocenters. The molecular formula is C15H20N2O2. The Hall–Kier alpha value is -1.81. The molecule has 4 nitrogen and oxygen atoms in total. The number of aliphatic hydroxyl groups is 1. The number of nitrogens with one attached hydrogen (secondary N) is 1. The fourth-order valence-electron chi connectivity index (χ4n) is 2.01. The van der Waals surface area contributed by atoms with E-state index in [-0.39, 0.29) is 12.5 Å². The summed E-state index contributed by atoms with van der Waals surface area (Å²) in [6.07, 6.45) is 1.90. The summed E-state index contributed by atoms with van der Waals surface area (Å²) in [7, 11) is 0. The standard InChI is InChI=1S/C15H20N2O2/c1-11(2)8-16-15(19)9-17-6-5-13-7-12(10-18)3-4-14(13)17/h3-7,11,18H,8-10H2,1-2H3,(H,16,19). The fourth-order valence-corrected chi connectivity index (χ4v) is 2.01. The van der Waals surface area contributed by atoms with Crippen molar-refractivity contribution < 1.29 is 9.90 Å². The highest BCUT2D eigenvalue weighted by atomic mass is 16.3. The summed E-state index contributed by atoms with van der Waals surface area (Å²) >= 11 is 0. The van der Waals surface area contributed by atoms with Crippen molar-refractivity contribution in [1.82, 2.24) is 9.88 Å². The first kappa shape index (κ1) is 13.6. The van der Waals surface area contributed by atoms with E-state index in [2.05, 4.69) is 19.2 Å². The summed E-state index contributed by atoms with van der Waals surface area (Å²) in [5.74, 6) is 0.481. The van der Waals surface area contributed by atoms with Gasteiger partial charge in [-0.1, -0.05) is 19.9 Å². The van der Waals surface area contributed by atoms with Crippen LogP contribution < -0.4 is 5.32 Å². The van der Waals surface area contributed by atoms with E-state index in [1.54, 1.807) is 0 Å². The van der Waals surface area contributed by atoms with Crippen LogP contribution in [-0.2, 0) is 17.9 Å². The van der Waals surface area contributed by atoms with Crippen LogP contribution in [0.3, 0.4) is 0 Å². The minimum Gasteiger partial charge on any atom is -0.392 e. The second-order valence-electron chi connectivity index (χ2n) is 5.19. The van der Waals surface area contributed by atoms with Gasteiger partial charge in [0, 0.05) is 18.3 Å². The predicted octanol–water partition coefficient (Wildman–Crippen LogP) is 1.91. The summed E-state index contributed by atoms with van der Waals surface area (Å²) in [5.41, 5.74) is 1.89. The average Bonchev–Trinajstić information content (AvgIpc) is 2.78. The van der Waals surface area contributed by atoms with Crippen LogP contribution in [0.1, 0.15) is 19.4 Å². The van der Waals surface area contributed by atoms with E-state index in [9.17, 15) is 4.79 Å². The molecule has 0 saturated carbocycles. The van der Waals surface area contributed by atoms with Crippen molar-refractivity contribution in [1.29, 1.82) is 0 Å². The number of benzene rings is 1. The molecule has 0 atom stereocenters. The molecule has 0 radical (unpaired) electrons. The van der Waals surface area contributed by atoms with Crippen molar-refractivity contribution in [3.8, 4) is 0 Å². The lowest BCUT2D eigenvalue weighted by atomic mass is 10.2. The Balaban J connectivity index is 2.11. The Kier molecular flexibility index (Phi) is 4.22. The number of nitrogens with zero attached hydrogens (tertiary/aromatic N) is 1. The molecule has 0 saturated heterocycles. The summed E-state index contributed by atoms with van der Waals surface area (Å²) in [5, 5.41) is 13.1. The van der Waals surface area contributed by atoms with Gasteiger partial charge in [-0.05, 0) is 35.1 Å². The number of aromatic nitrogens is 1. The van der Waals surface area contributed by atoms with E-state index in [0.717, 1.165) is 16.5 Å². The van der Waals surface area contributed by atoms with Crippen LogP contribution in [0.25, 0.3) is 10.9 Å². The summed E-state index contributed by atoms with van der Waals surface area (Å²) in [4.78, 5) is 11.8. The number of hydrogen-bond donors (Lipinski definition) is 2. The molecule has 1 aromatic carbocycles. The third-order valence-electron chi connectivity index (χ3n) is 3.04. The molecule has 0 fully saturated rings. The molecule has 1 amide bonds. The SMILES string of the molecule is CC(C)CNC(=O)Cn1ccc2cc(CO)ccc21. The third-order valence-corrected chi connectivity index (χ3v) is 3.04. The molecular weight excluding hydrogens is 240 g/mol. The molecule has 0 aliphatic heterocycles. The molecule has 0 aliphatic rings. The van der Waals surface area contributed by atoms with Crippen LogP contribution in [0.2, 0.25) is 0 Å². The van der Waals surface area contributed by atoms with E-state index < -0.39 is 0 Å². The van der Waals surface area contributed by atoms with Crippen molar-refractivity contribution in [2.24, 2.45) is 5.92 Å². The lowest BCUT2D eigenvalue weighted by molar-refractivity contribution is -0.121. The first-order valence-electron chi connectivity index (χ1n) is 6.55. The van der Waals surface area contributed by atoms with Crippen molar-refractivity contribution in [2.45, 2.75) is 27.0 Å². The maximum Gasteiger partial charge on any atom is 0.239 e. The molecule has 102 valence electrons. The van der Waals surface area contributed by atoms with Gasteiger partial charge in [0.1, 0.15) is 6.54 Å². The van der Waals surface area contributed by atoms with Crippen molar-refractivity contribution in [2.75, 3.05) is 6.54 Å². The molecule has 19 heavy (non-hydrogen) atoms. The van der Waals surface area contributed by atoms with Gasteiger partial charge in [-0.15, -0.1) is 0 Å². The zero-order chi connectivity index (χ0) is 13.8. The quantitative estimate of drug-likeness (QED) is 0.862. The van der Waals surface area contributed by atoms with Gasteiger partial charge < -0.3 is 15.0 Å². The van der Waals surface area contributed by atoms with Gasteiger partial charge in [0.15, 0.2) is 0 Å². The minimum atomic E-state index is 0.0254. The Labute approximate surface area is 113 Å². The monoisotopic (exact) mass is 260 g/mol. The van der Waals surface area contributed by atoms with Crippen LogP contribution in [-0.4, -0.2) is 22.1 Å². The van der Waals surface area contributed by atoms with Crippen LogP contribution >= 0.6 is 0 Å². The molecule has 1 aromatic heterocycles. The molecule has 2 aromatic rings. The normalized spacial score (nSPS) is 11.2. The number of fused-ring (bicyclic) bond motifs is 1. The zero-order valence-electron chi connectivity index (χ0n) is 11.4. The number of hydrogen-bond acceptors (Lipinski definition) is 2. The first-order chi connectivity index (χ1) is 9.10. The van der Waals surface area contributed by atoms with Gasteiger partial charge in [-0.25, -0.2) is 0 Å².